The van der Waals surface area contributed by atoms with E-state index in [0.717, 1.165) is 33.6 Å². The van der Waals surface area contributed by atoms with Gasteiger partial charge in [-0.15, -0.1) is 10.2 Å². The molecule has 1 aromatic heterocycles. The number of carbonyl (C=O) groups is 1. The smallest absolute Gasteiger partial charge is 0.244 e. The van der Waals surface area contributed by atoms with Crippen LogP contribution < -0.4 is 5.32 Å². The molecule has 29 heavy (non-hydrogen) atoms. The highest BCUT2D eigenvalue weighted by atomic mass is 35.5. The van der Waals surface area contributed by atoms with Gasteiger partial charge in [-0.25, -0.2) is 0 Å². The summed E-state index contributed by atoms with van der Waals surface area (Å²) in [7, 11) is 0. The predicted octanol–water partition coefficient (Wildman–Crippen LogP) is 5.23. The number of benzene rings is 2. The topological polar surface area (TPSA) is 59.8 Å². The van der Waals surface area contributed by atoms with Crippen LogP contribution in [0, 0.1) is 0 Å². The molecule has 8 heteroatoms. The van der Waals surface area contributed by atoms with E-state index in [1.54, 1.807) is 23.9 Å². The normalized spacial score (nSPS) is 11.1. The summed E-state index contributed by atoms with van der Waals surface area (Å²) in [6.45, 7) is 3.04. The molecule has 0 spiro atoms. The fraction of sp³-hybridized carbons (Fsp3) is 0.190. The van der Waals surface area contributed by atoms with Gasteiger partial charge < -0.3 is 9.88 Å². The Labute approximate surface area is 184 Å². The Morgan fingerprint density at radius 1 is 1.14 bits per heavy atom. The minimum absolute atomic E-state index is 0.217. The summed E-state index contributed by atoms with van der Waals surface area (Å²) in [5.74, 6) is 1.26. The third kappa shape index (κ3) is 6.10. The summed E-state index contributed by atoms with van der Waals surface area (Å²) in [6.07, 6.45) is 3.15. The molecule has 0 aliphatic rings. The van der Waals surface area contributed by atoms with Crippen molar-refractivity contribution in [2.24, 2.45) is 0 Å². The van der Waals surface area contributed by atoms with Crippen LogP contribution in [0.2, 0.25) is 10.0 Å². The molecule has 0 saturated heterocycles. The van der Waals surface area contributed by atoms with Crippen LogP contribution >= 0.6 is 35.0 Å². The van der Waals surface area contributed by atoms with Gasteiger partial charge in [0.25, 0.3) is 0 Å². The van der Waals surface area contributed by atoms with Crippen LogP contribution in [-0.4, -0.2) is 20.7 Å². The molecule has 0 fully saturated rings. The zero-order valence-corrected chi connectivity index (χ0v) is 18.1. The highest BCUT2D eigenvalue weighted by molar-refractivity contribution is 7.98. The number of hydrogen-bond donors (Lipinski definition) is 1. The Bertz CT molecular complexity index is 1000. The van der Waals surface area contributed by atoms with Crippen molar-refractivity contribution in [1.29, 1.82) is 0 Å². The second-order valence-electron chi connectivity index (χ2n) is 6.13. The van der Waals surface area contributed by atoms with Crippen LogP contribution in [-0.2, 0) is 23.6 Å². The van der Waals surface area contributed by atoms with Gasteiger partial charge in [0.05, 0.1) is 6.54 Å². The molecule has 1 N–H and O–H groups in total. The Balaban J connectivity index is 1.57. The van der Waals surface area contributed by atoms with E-state index in [1.807, 2.05) is 54.0 Å². The van der Waals surface area contributed by atoms with Crippen molar-refractivity contribution in [3.63, 3.8) is 0 Å². The van der Waals surface area contributed by atoms with E-state index in [1.165, 1.54) is 6.08 Å². The van der Waals surface area contributed by atoms with Gasteiger partial charge in [0.2, 0.25) is 5.91 Å². The molecule has 0 atom stereocenters. The first-order valence-electron chi connectivity index (χ1n) is 9.06. The van der Waals surface area contributed by atoms with Gasteiger partial charge in [0.1, 0.15) is 0 Å². The molecule has 0 aliphatic heterocycles. The Hall–Kier alpha value is -2.28. The standard InChI is InChI=1S/C21H20Cl2N4OS/c1-2-27-19(13-24-20(28)12-9-16-5-3-4-6-18(16)23)25-26-21(27)29-14-15-7-10-17(22)11-8-15/h3-12H,2,13-14H2,1H3,(H,24,28)/b12-9+. The maximum Gasteiger partial charge on any atom is 0.244 e. The summed E-state index contributed by atoms with van der Waals surface area (Å²) in [5.41, 5.74) is 1.95. The van der Waals surface area contributed by atoms with Crippen molar-refractivity contribution in [1.82, 2.24) is 20.1 Å². The molecule has 0 saturated carbocycles. The van der Waals surface area contributed by atoms with E-state index in [9.17, 15) is 4.79 Å². The maximum absolute atomic E-state index is 12.1. The third-order valence-electron chi connectivity index (χ3n) is 4.13. The Morgan fingerprint density at radius 3 is 2.62 bits per heavy atom. The average Bonchev–Trinajstić information content (AvgIpc) is 3.13. The number of rotatable bonds is 8. The van der Waals surface area contributed by atoms with E-state index in [-0.39, 0.29) is 5.91 Å². The summed E-state index contributed by atoms with van der Waals surface area (Å²) >= 11 is 13.6. The number of thioether (sulfide) groups is 1. The number of halogens is 2. The van der Waals surface area contributed by atoms with Crippen LogP contribution in [0.1, 0.15) is 23.9 Å². The molecule has 0 unspecified atom stereocenters. The van der Waals surface area contributed by atoms with Gasteiger partial charge in [-0.1, -0.05) is 65.3 Å². The molecule has 1 amide bonds. The van der Waals surface area contributed by atoms with E-state index >= 15 is 0 Å². The van der Waals surface area contributed by atoms with Crippen molar-refractivity contribution >= 4 is 46.9 Å². The van der Waals surface area contributed by atoms with Gasteiger partial charge >= 0.3 is 0 Å². The van der Waals surface area contributed by atoms with Crippen LogP contribution in [0.15, 0.2) is 59.8 Å². The fourth-order valence-electron chi connectivity index (χ4n) is 2.60. The summed E-state index contributed by atoms with van der Waals surface area (Å²) in [5, 5.41) is 13.5. The molecule has 0 bridgehead atoms. The molecule has 5 nitrogen and oxygen atoms in total. The molecular formula is C21H20Cl2N4OS. The van der Waals surface area contributed by atoms with Gasteiger partial charge in [0.15, 0.2) is 11.0 Å². The summed E-state index contributed by atoms with van der Waals surface area (Å²) in [4.78, 5) is 12.1. The summed E-state index contributed by atoms with van der Waals surface area (Å²) < 4.78 is 2.00. The van der Waals surface area contributed by atoms with Crippen molar-refractivity contribution < 1.29 is 4.79 Å². The fourth-order valence-corrected chi connectivity index (χ4v) is 3.91. The second-order valence-corrected chi connectivity index (χ2v) is 7.92. The van der Waals surface area contributed by atoms with Crippen LogP contribution in [0.4, 0.5) is 0 Å². The zero-order valence-electron chi connectivity index (χ0n) is 15.8. The minimum Gasteiger partial charge on any atom is -0.345 e. The number of hydrogen-bond acceptors (Lipinski definition) is 4. The number of nitrogens with zero attached hydrogens (tertiary/aromatic N) is 3. The zero-order chi connectivity index (χ0) is 20.6. The van der Waals surface area contributed by atoms with Crippen LogP contribution in [0.25, 0.3) is 6.08 Å². The Kier molecular flexibility index (Phi) is 7.75. The van der Waals surface area contributed by atoms with Gasteiger partial charge in [0, 0.05) is 28.4 Å². The number of amides is 1. The average molecular weight is 447 g/mol. The van der Waals surface area contributed by atoms with E-state index in [2.05, 4.69) is 15.5 Å². The molecule has 0 aliphatic carbocycles. The highest BCUT2D eigenvalue weighted by Gasteiger charge is 2.12. The van der Waals surface area contributed by atoms with Crippen molar-refractivity contribution in [3.8, 4) is 0 Å². The van der Waals surface area contributed by atoms with Gasteiger partial charge in [-0.05, 0) is 42.3 Å². The van der Waals surface area contributed by atoms with Gasteiger partial charge in [-0.3, -0.25) is 4.79 Å². The van der Waals surface area contributed by atoms with Crippen molar-refractivity contribution in [3.05, 3.63) is 81.6 Å². The van der Waals surface area contributed by atoms with E-state index < -0.39 is 0 Å². The van der Waals surface area contributed by atoms with E-state index in [0.29, 0.717) is 17.4 Å². The first-order chi connectivity index (χ1) is 14.1. The number of carbonyl (C=O) groups excluding carboxylic acids is 1. The van der Waals surface area contributed by atoms with Crippen molar-refractivity contribution in [2.75, 3.05) is 0 Å². The lowest BCUT2D eigenvalue weighted by Crippen LogP contribution is -2.22. The minimum atomic E-state index is -0.217. The molecule has 2 aromatic carbocycles. The lowest BCUT2D eigenvalue weighted by Gasteiger charge is -2.08. The van der Waals surface area contributed by atoms with Crippen LogP contribution in [0.3, 0.4) is 0 Å². The first kappa shape index (κ1) is 21.4. The van der Waals surface area contributed by atoms with Crippen molar-refractivity contribution in [2.45, 2.75) is 30.9 Å². The summed E-state index contributed by atoms with van der Waals surface area (Å²) in [6, 6.07) is 15.1. The number of nitrogens with one attached hydrogen (secondary N) is 1. The third-order valence-corrected chi connectivity index (χ3v) is 5.77. The number of aromatic nitrogens is 3. The first-order valence-corrected chi connectivity index (χ1v) is 10.8. The molecule has 3 rings (SSSR count). The SMILES string of the molecule is CCn1c(CNC(=O)/C=C/c2ccccc2Cl)nnc1SCc1ccc(Cl)cc1. The molecular weight excluding hydrogens is 427 g/mol. The lowest BCUT2D eigenvalue weighted by molar-refractivity contribution is -0.116. The van der Waals surface area contributed by atoms with Crippen LogP contribution in [0.5, 0.6) is 0 Å². The monoisotopic (exact) mass is 446 g/mol. The highest BCUT2D eigenvalue weighted by Crippen LogP contribution is 2.23. The molecule has 3 aromatic rings. The molecule has 0 radical (unpaired) electrons. The molecule has 150 valence electrons. The van der Waals surface area contributed by atoms with Gasteiger partial charge in [-0.2, -0.15) is 0 Å². The quantitative estimate of drug-likeness (QED) is 0.380. The second kappa shape index (κ2) is 10.5. The maximum atomic E-state index is 12.1. The largest absolute Gasteiger partial charge is 0.345 e. The predicted molar refractivity (Wildman–Crippen MR) is 119 cm³/mol. The molecule has 1 heterocycles. The van der Waals surface area contributed by atoms with E-state index in [4.69, 9.17) is 23.2 Å². The lowest BCUT2D eigenvalue weighted by atomic mass is 10.2. The Morgan fingerprint density at radius 2 is 1.90 bits per heavy atom.